The third-order valence-corrected chi connectivity index (χ3v) is 4.17. The molecule has 26 heavy (non-hydrogen) atoms. The molecular formula is C20H15ClN4O. The first-order valence-corrected chi connectivity index (χ1v) is 8.31. The molecule has 128 valence electrons. The van der Waals surface area contributed by atoms with Gasteiger partial charge in [0, 0.05) is 16.9 Å². The number of hydrogen-bond donors (Lipinski definition) is 1. The van der Waals surface area contributed by atoms with Crippen LogP contribution in [0.15, 0.2) is 60.8 Å². The van der Waals surface area contributed by atoms with Crippen LogP contribution in [0.1, 0.15) is 33.4 Å². The van der Waals surface area contributed by atoms with E-state index in [0.717, 1.165) is 5.56 Å². The number of halogens is 1. The fourth-order valence-electron chi connectivity index (χ4n) is 2.59. The van der Waals surface area contributed by atoms with E-state index in [-0.39, 0.29) is 11.6 Å². The van der Waals surface area contributed by atoms with Crippen LogP contribution in [0.25, 0.3) is 0 Å². The average molecular weight is 363 g/mol. The maximum Gasteiger partial charge on any atom is 0.274 e. The van der Waals surface area contributed by atoms with Gasteiger partial charge in [-0.2, -0.15) is 5.26 Å². The lowest BCUT2D eigenvalue weighted by atomic mass is 9.92. The van der Waals surface area contributed by atoms with Crippen molar-refractivity contribution in [3.63, 3.8) is 0 Å². The van der Waals surface area contributed by atoms with Crippen LogP contribution in [0.4, 0.5) is 5.69 Å². The van der Waals surface area contributed by atoms with Gasteiger partial charge in [0.15, 0.2) is 0 Å². The van der Waals surface area contributed by atoms with Gasteiger partial charge in [0.1, 0.15) is 11.5 Å². The summed E-state index contributed by atoms with van der Waals surface area (Å²) in [6.45, 7) is 1.72. The molecule has 0 aliphatic rings. The smallest absolute Gasteiger partial charge is 0.274 e. The van der Waals surface area contributed by atoms with E-state index in [1.807, 2.05) is 30.3 Å². The maximum absolute atomic E-state index is 12.3. The molecule has 0 spiro atoms. The predicted molar refractivity (Wildman–Crippen MR) is 100 cm³/mol. The van der Waals surface area contributed by atoms with Gasteiger partial charge in [-0.1, -0.05) is 48.0 Å². The van der Waals surface area contributed by atoms with Crippen LogP contribution in [0.2, 0.25) is 5.02 Å². The van der Waals surface area contributed by atoms with Gasteiger partial charge >= 0.3 is 0 Å². The summed E-state index contributed by atoms with van der Waals surface area (Å²) in [5.74, 6) is -0.303. The number of carbonyl (C=O) groups is 1. The average Bonchev–Trinajstić information content (AvgIpc) is 2.65. The van der Waals surface area contributed by atoms with Crippen molar-refractivity contribution in [1.29, 1.82) is 5.26 Å². The first-order chi connectivity index (χ1) is 12.6. The normalized spacial score (nSPS) is 11.4. The summed E-state index contributed by atoms with van der Waals surface area (Å²) < 4.78 is 0. The van der Waals surface area contributed by atoms with Gasteiger partial charge in [-0.15, -0.1) is 0 Å². The lowest BCUT2D eigenvalue weighted by molar-refractivity contribution is 0.102. The van der Waals surface area contributed by atoms with E-state index in [9.17, 15) is 10.1 Å². The van der Waals surface area contributed by atoms with Crippen LogP contribution in [-0.4, -0.2) is 15.9 Å². The standard InChI is InChI=1S/C20H15ClN4O/c1-13-23-10-9-19(24-13)20(26)25-15-7-8-16(18(21)11-15)17(12-22)14-5-3-2-4-6-14/h2-11,17H,1H3,(H,25,26)/t17-/m1/s1. The topological polar surface area (TPSA) is 78.7 Å². The van der Waals surface area contributed by atoms with Gasteiger partial charge in [-0.05, 0) is 36.2 Å². The highest BCUT2D eigenvalue weighted by Gasteiger charge is 2.17. The van der Waals surface area contributed by atoms with Gasteiger partial charge in [0.2, 0.25) is 0 Å². The Bertz CT molecular complexity index is 983. The molecule has 1 atom stereocenters. The minimum Gasteiger partial charge on any atom is -0.321 e. The molecule has 0 radical (unpaired) electrons. The van der Waals surface area contributed by atoms with Crippen molar-refractivity contribution < 1.29 is 4.79 Å². The second kappa shape index (κ2) is 7.77. The van der Waals surface area contributed by atoms with E-state index in [4.69, 9.17) is 11.6 Å². The molecule has 1 amide bonds. The Morgan fingerprint density at radius 3 is 2.62 bits per heavy atom. The number of amides is 1. The summed E-state index contributed by atoms with van der Waals surface area (Å²) in [5.41, 5.74) is 2.36. The van der Waals surface area contributed by atoms with E-state index >= 15 is 0 Å². The van der Waals surface area contributed by atoms with Crippen molar-refractivity contribution >= 4 is 23.2 Å². The Morgan fingerprint density at radius 1 is 1.19 bits per heavy atom. The van der Waals surface area contributed by atoms with Gasteiger partial charge in [-0.25, -0.2) is 9.97 Å². The quantitative estimate of drug-likeness (QED) is 0.748. The molecule has 0 aliphatic carbocycles. The molecule has 3 aromatic rings. The number of nitrogens with zero attached hydrogens (tertiary/aromatic N) is 3. The summed E-state index contributed by atoms with van der Waals surface area (Å²) in [6, 6.07) is 18.4. The largest absolute Gasteiger partial charge is 0.321 e. The molecule has 0 saturated heterocycles. The van der Waals surface area contributed by atoms with Crippen molar-refractivity contribution in [3.8, 4) is 6.07 Å². The van der Waals surface area contributed by atoms with E-state index in [1.165, 1.54) is 6.20 Å². The minimum absolute atomic E-state index is 0.275. The van der Waals surface area contributed by atoms with Gasteiger partial charge in [0.25, 0.3) is 5.91 Å². The summed E-state index contributed by atoms with van der Waals surface area (Å²) in [5, 5.41) is 12.7. The molecule has 1 N–H and O–H groups in total. The lowest BCUT2D eigenvalue weighted by Gasteiger charge is -2.13. The molecular weight excluding hydrogens is 348 g/mol. The van der Waals surface area contributed by atoms with Crippen molar-refractivity contribution in [2.45, 2.75) is 12.8 Å². The van der Waals surface area contributed by atoms with Crippen LogP contribution in [-0.2, 0) is 0 Å². The molecule has 0 saturated carbocycles. The Morgan fingerprint density at radius 2 is 1.96 bits per heavy atom. The summed E-state index contributed by atoms with van der Waals surface area (Å²) >= 11 is 6.38. The minimum atomic E-state index is -0.474. The van der Waals surface area contributed by atoms with Gasteiger partial charge in [-0.3, -0.25) is 4.79 Å². The molecule has 1 aromatic heterocycles. The van der Waals surface area contributed by atoms with Crippen LogP contribution < -0.4 is 5.32 Å². The Kier molecular flexibility index (Phi) is 5.26. The third kappa shape index (κ3) is 3.88. The summed E-state index contributed by atoms with van der Waals surface area (Å²) in [7, 11) is 0. The van der Waals surface area contributed by atoms with E-state index in [2.05, 4.69) is 21.4 Å². The number of nitriles is 1. The molecule has 5 nitrogen and oxygen atoms in total. The lowest BCUT2D eigenvalue weighted by Crippen LogP contribution is -2.14. The van der Waals surface area contributed by atoms with Crippen LogP contribution in [0.5, 0.6) is 0 Å². The number of anilines is 1. The maximum atomic E-state index is 12.3. The summed E-state index contributed by atoms with van der Waals surface area (Å²) in [4.78, 5) is 20.3. The first kappa shape index (κ1) is 17.6. The molecule has 6 heteroatoms. The Balaban J connectivity index is 1.83. The van der Waals surface area contributed by atoms with Crippen LogP contribution in [0.3, 0.4) is 0 Å². The highest BCUT2D eigenvalue weighted by molar-refractivity contribution is 6.31. The molecule has 3 rings (SSSR count). The second-order valence-corrected chi connectivity index (χ2v) is 6.06. The van der Waals surface area contributed by atoms with Crippen molar-refractivity contribution in [2.75, 3.05) is 5.32 Å². The number of aryl methyl sites for hydroxylation is 1. The zero-order valence-electron chi connectivity index (χ0n) is 14.0. The number of rotatable bonds is 4. The summed E-state index contributed by atoms with van der Waals surface area (Å²) in [6.07, 6.45) is 1.53. The van der Waals surface area contributed by atoms with Crippen LogP contribution in [0, 0.1) is 18.3 Å². The van der Waals surface area contributed by atoms with E-state index < -0.39 is 5.92 Å². The molecule has 0 aliphatic heterocycles. The molecule has 1 heterocycles. The van der Waals surface area contributed by atoms with Crippen molar-refractivity contribution in [3.05, 3.63) is 88.5 Å². The highest BCUT2D eigenvalue weighted by atomic mass is 35.5. The number of aromatic nitrogens is 2. The molecule has 0 fully saturated rings. The zero-order valence-corrected chi connectivity index (χ0v) is 14.7. The monoisotopic (exact) mass is 362 g/mol. The number of carbonyl (C=O) groups excluding carboxylic acids is 1. The van der Waals surface area contributed by atoms with Crippen molar-refractivity contribution in [1.82, 2.24) is 9.97 Å². The first-order valence-electron chi connectivity index (χ1n) is 7.93. The number of hydrogen-bond acceptors (Lipinski definition) is 4. The van der Waals surface area contributed by atoms with E-state index in [1.54, 1.807) is 31.2 Å². The van der Waals surface area contributed by atoms with Gasteiger partial charge < -0.3 is 5.32 Å². The number of benzene rings is 2. The van der Waals surface area contributed by atoms with E-state index in [0.29, 0.717) is 22.1 Å². The molecule has 2 aromatic carbocycles. The zero-order chi connectivity index (χ0) is 18.5. The fraction of sp³-hybridized carbons (Fsp3) is 0.100. The predicted octanol–water partition coefficient (Wildman–Crippen LogP) is 4.35. The fourth-order valence-corrected chi connectivity index (χ4v) is 2.88. The third-order valence-electron chi connectivity index (χ3n) is 3.84. The Labute approximate surface area is 156 Å². The van der Waals surface area contributed by atoms with Crippen molar-refractivity contribution in [2.24, 2.45) is 0 Å². The SMILES string of the molecule is Cc1nccc(C(=O)Nc2ccc([C@H](C#N)c3ccccc3)c(Cl)c2)n1. The second-order valence-electron chi connectivity index (χ2n) is 5.65. The molecule has 0 unspecified atom stereocenters. The molecule has 0 bridgehead atoms. The number of nitrogens with one attached hydrogen (secondary N) is 1. The van der Waals surface area contributed by atoms with Gasteiger partial charge in [0.05, 0.1) is 12.0 Å². The highest BCUT2D eigenvalue weighted by Crippen LogP contribution is 2.31. The van der Waals surface area contributed by atoms with Crippen LogP contribution >= 0.6 is 11.6 Å². The Hall–Kier alpha value is -3.23.